The quantitative estimate of drug-likeness (QED) is 0.912. The minimum atomic E-state index is 0.266. The Kier molecular flexibility index (Phi) is 4.78. The van der Waals surface area contributed by atoms with Crippen LogP contribution >= 0.6 is 0 Å². The minimum absolute atomic E-state index is 0.266. The van der Waals surface area contributed by atoms with Gasteiger partial charge in [-0.15, -0.1) is 0 Å². The zero-order chi connectivity index (χ0) is 15.4. The van der Waals surface area contributed by atoms with E-state index in [9.17, 15) is 0 Å². The van der Waals surface area contributed by atoms with Gasteiger partial charge in [-0.05, 0) is 19.4 Å². The highest BCUT2D eigenvalue weighted by atomic mass is 15.2. The lowest BCUT2D eigenvalue weighted by Crippen LogP contribution is -2.25. The van der Waals surface area contributed by atoms with Crippen molar-refractivity contribution in [2.24, 2.45) is 0 Å². The van der Waals surface area contributed by atoms with E-state index in [2.05, 4.69) is 54.9 Å². The third kappa shape index (κ3) is 3.51. The minimum Gasteiger partial charge on any atom is -0.383 e. The summed E-state index contributed by atoms with van der Waals surface area (Å²) in [5, 5.41) is 0. The van der Waals surface area contributed by atoms with E-state index in [4.69, 9.17) is 10.7 Å². The monoisotopic (exact) mass is 284 g/mol. The molecule has 0 fully saturated rings. The predicted molar refractivity (Wildman–Crippen MR) is 88.4 cm³/mol. The number of nitrogens with two attached hydrogens (primary N) is 1. The first-order valence-corrected chi connectivity index (χ1v) is 7.45. The molecule has 0 radical (unpaired) electrons. The molecule has 0 unspecified atom stereocenters. The van der Waals surface area contributed by atoms with Crippen molar-refractivity contribution in [1.82, 2.24) is 9.97 Å². The van der Waals surface area contributed by atoms with E-state index >= 15 is 0 Å². The summed E-state index contributed by atoms with van der Waals surface area (Å²) in [5.41, 5.74) is 8.29. The molecule has 2 rings (SSSR count). The summed E-state index contributed by atoms with van der Waals surface area (Å²) in [6.45, 7) is 10.00. The third-order valence-electron chi connectivity index (χ3n) is 3.59. The molecule has 0 aliphatic carbocycles. The number of nitrogens with zero attached hydrogens (tertiary/aromatic N) is 3. The first kappa shape index (κ1) is 15.3. The normalized spacial score (nSPS) is 10.9. The summed E-state index contributed by atoms with van der Waals surface area (Å²) >= 11 is 0. The molecule has 112 valence electrons. The maximum atomic E-state index is 6.07. The summed E-state index contributed by atoms with van der Waals surface area (Å²) in [7, 11) is 0. The maximum Gasteiger partial charge on any atom is 0.137 e. The number of nitrogen functional groups attached to an aromatic ring is 1. The average molecular weight is 284 g/mol. The molecule has 2 aromatic rings. The van der Waals surface area contributed by atoms with Gasteiger partial charge < -0.3 is 10.6 Å². The standard InChI is InChI=1S/C17H24N4/c1-5-21(11-14-9-7-6-8-10-14)17-13(4)15(18)19-16(20-17)12(2)3/h6-10,12H,5,11H2,1-4H3,(H2,18,19,20). The van der Waals surface area contributed by atoms with Gasteiger partial charge in [-0.25, -0.2) is 9.97 Å². The van der Waals surface area contributed by atoms with Gasteiger partial charge in [0.1, 0.15) is 17.5 Å². The number of hydrogen-bond donors (Lipinski definition) is 1. The van der Waals surface area contributed by atoms with Crippen molar-refractivity contribution < 1.29 is 0 Å². The van der Waals surface area contributed by atoms with Crippen molar-refractivity contribution in [3.63, 3.8) is 0 Å². The van der Waals surface area contributed by atoms with Crippen molar-refractivity contribution in [1.29, 1.82) is 0 Å². The molecule has 1 aromatic heterocycles. The maximum absolute atomic E-state index is 6.07. The van der Waals surface area contributed by atoms with Crippen LogP contribution in [0.15, 0.2) is 30.3 Å². The Bertz CT molecular complexity index is 593. The number of rotatable bonds is 5. The van der Waals surface area contributed by atoms with Crippen LogP contribution in [0, 0.1) is 6.92 Å². The molecule has 0 bridgehead atoms. The highest BCUT2D eigenvalue weighted by Gasteiger charge is 2.16. The highest BCUT2D eigenvalue weighted by molar-refractivity contribution is 5.56. The zero-order valence-corrected chi connectivity index (χ0v) is 13.3. The van der Waals surface area contributed by atoms with Gasteiger partial charge in [0.15, 0.2) is 0 Å². The molecule has 1 heterocycles. The molecule has 0 spiro atoms. The van der Waals surface area contributed by atoms with Crippen LogP contribution in [-0.4, -0.2) is 16.5 Å². The Balaban J connectivity index is 2.37. The molecule has 0 saturated heterocycles. The first-order valence-electron chi connectivity index (χ1n) is 7.45. The van der Waals surface area contributed by atoms with Crippen LogP contribution in [0.25, 0.3) is 0 Å². The summed E-state index contributed by atoms with van der Waals surface area (Å²) in [6, 6.07) is 10.4. The third-order valence-corrected chi connectivity index (χ3v) is 3.59. The largest absolute Gasteiger partial charge is 0.383 e. The molecule has 0 aliphatic heterocycles. The molecule has 0 amide bonds. The lowest BCUT2D eigenvalue weighted by atomic mass is 10.1. The smallest absolute Gasteiger partial charge is 0.137 e. The van der Waals surface area contributed by atoms with Crippen LogP contribution < -0.4 is 10.6 Å². The van der Waals surface area contributed by atoms with E-state index in [1.807, 2.05) is 13.0 Å². The van der Waals surface area contributed by atoms with E-state index in [-0.39, 0.29) is 5.92 Å². The summed E-state index contributed by atoms with van der Waals surface area (Å²) in [6.07, 6.45) is 0. The Morgan fingerprint density at radius 3 is 2.38 bits per heavy atom. The second kappa shape index (κ2) is 6.57. The number of aromatic nitrogens is 2. The van der Waals surface area contributed by atoms with E-state index in [1.165, 1.54) is 5.56 Å². The summed E-state index contributed by atoms with van der Waals surface area (Å²) in [5.74, 6) is 2.59. The first-order chi connectivity index (χ1) is 10.0. The van der Waals surface area contributed by atoms with E-state index in [1.54, 1.807) is 0 Å². The van der Waals surface area contributed by atoms with Crippen LogP contribution in [-0.2, 0) is 6.54 Å². The Labute approximate surface area is 127 Å². The van der Waals surface area contributed by atoms with Crippen molar-refractivity contribution in [2.45, 2.75) is 40.2 Å². The molecule has 0 aliphatic rings. The van der Waals surface area contributed by atoms with Gasteiger partial charge in [-0.2, -0.15) is 0 Å². The van der Waals surface area contributed by atoms with Gasteiger partial charge >= 0.3 is 0 Å². The second-order valence-electron chi connectivity index (χ2n) is 5.57. The van der Waals surface area contributed by atoms with Crippen molar-refractivity contribution in [3.05, 3.63) is 47.3 Å². The van der Waals surface area contributed by atoms with E-state index in [0.29, 0.717) is 5.82 Å². The van der Waals surface area contributed by atoms with Gasteiger partial charge in [0.25, 0.3) is 0 Å². The van der Waals surface area contributed by atoms with Crippen LogP contribution in [0.4, 0.5) is 11.6 Å². The Morgan fingerprint density at radius 1 is 1.14 bits per heavy atom. The summed E-state index contributed by atoms with van der Waals surface area (Å²) < 4.78 is 0. The predicted octanol–water partition coefficient (Wildman–Crippen LogP) is 3.52. The molecular weight excluding hydrogens is 260 g/mol. The van der Waals surface area contributed by atoms with Gasteiger partial charge in [-0.1, -0.05) is 44.2 Å². The molecule has 0 atom stereocenters. The van der Waals surface area contributed by atoms with Crippen molar-refractivity contribution in [3.8, 4) is 0 Å². The molecule has 4 nitrogen and oxygen atoms in total. The second-order valence-corrected chi connectivity index (χ2v) is 5.57. The lowest BCUT2D eigenvalue weighted by Gasteiger charge is -2.25. The van der Waals surface area contributed by atoms with E-state index in [0.717, 1.165) is 30.3 Å². The molecule has 4 heteroatoms. The average Bonchev–Trinajstić information content (AvgIpc) is 2.48. The fourth-order valence-electron chi connectivity index (χ4n) is 2.25. The number of benzene rings is 1. The van der Waals surface area contributed by atoms with Crippen LogP contribution in [0.3, 0.4) is 0 Å². The lowest BCUT2D eigenvalue weighted by molar-refractivity contribution is 0.745. The fraction of sp³-hybridized carbons (Fsp3) is 0.412. The number of hydrogen-bond acceptors (Lipinski definition) is 4. The topological polar surface area (TPSA) is 55.0 Å². The van der Waals surface area contributed by atoms with Crippen LogP contribution in [0.2, 0.25) is 0 Å². The Hall–Kier alpha value is -2.10. The van der Waals surface area contributed by atoms with Crippen molar-refractivity contribution >= 4 is 11.6 Å². The van der Waals surface area contributed by atoms with Crippen LogP contribution in [0.5, 0.6) is 0 Å². The van der Waals surface area contributed by atoms with Gasteiger partial charge in [0.05, 0.1) is 0 Å². The van der Waals surface area contributed by atoms with Gasteiger partial charge in [-0.3, -0.25) is 0 Å². The van der Waals surface area contributed by atoms with Crippen molar-refractivity contribution in [2.75, 3.05) is 17.2 Å². The highest BCUT2D eigenvalue weighted by Crippen LogP contribution is 2.25. The molecule has 1 aromatic carbocycles. The summed E-state index contributed by atoms with van der Waals surface area (Å²) in [4.78, 5) is 11.4. The molecule has 0 saturated carbocycles. The zero-order valence-electron chi connectivity index (χ0n) is 13.3. The molecular formula is C17H24N4. The molecule has 2 N–H and O–H groups in total. The fourth-order valence-corrected chi connectivity index (χ4v) is 2.25. The van der Waals surface area contributed by atoms with E-state index < -0.39 is 0 Å². The van der Waals surface area contributed by atoms with Crippen LogP contribution in [0.1, 0.15) is 43.6 Å². The number of anilines is 2. The molecule has 21 heavy (non-hydrogen) atoms. The Morgan fingerprint density at radius 2 is 1.81 bits per heavy atom. The van der Waals surface area contributed by atoms with Gasteiger partial charge in [0.2, 0.25) is 0 Å². The SMILES string of the molecule is CCN(Cc1ccccc1)c1nc(C(C)C)nc(N)c1C. The van der Waals surface area contributed by atoms with Gasteiger partial charge in [0, 0.05) is 24.6 Å².